The van der Waals surface area contributed by atoms with Gasteiger partial charge in [0.1, 0.15) is 11.4 Å². The third-order valence-corrected chi connectivity index (χ3v) is 4.18. The fourth-order valence-corrected chi connectivity index (χ4v) is 2.81. The molecule has 0 saturated heterocycles. The molecule has 2 heterocycles. The lowest BCUT2D eigenvalue weighted by atomic mass is 10.2. The summed E-state index contributed by atoms with van der Waals surface area (Å²) in [6.45, 7) is 4.52. The van der Waals surface area contributed by atoms with Gasteiger partial charge in [-0.1, -0.05) is 25.1 Å². The molecule has 0 aliphatic rings. The Kier molecular flexibility index (Phi) is 4.51. The molecule has 24 heavy (non-hydrogen) atoms. The van der Waals surface area contributed by atoms with Gasteiger partial charge in [0, 0.05) is 24.0 Å². The highest BCUT2D eigenvalue weighted by Crippen LogP contribution is 2.17. The van der Waals surface area contributed by atoms with Crippen molar-refractivity contribution in [2.45, 2.75) is 26.8 Å². The number of methoxy groups -OCH3 is 1. The first kappa shape index (κ1) is 16.1. The zero-order chi connectivity index (χ0) is 17.1. The van der Waals surface area contributed by atoms with Gasteiger partial charge in [-0.3, -0.25) is 4.79 Å². The zero-order valence-electron chi connectivity index (χ0n) is 14.2. The SMILES string of the molecule is CCc1nc2ccc(C(=O)NCc3ccccc3OC)cn2c1C. The van der Waals surface area contributed by atoms with E-state index in [9.17, 15) is 4.79 Å². The number of hydrogen-bond acceptors (Lipinski definition) is 3. The average Bonchev–Trinajstić information content (AvgIpc) is 2.95. The molecule has 0 fully saturated rings. The molecule has 1 N–H and O–H groups in total. The van der Waals surface area contributed by atoms with Gasteiger partial charge in [0.05, 0.1) is 18.4 Å². The zero-order valence-corrected chi connectivity index (χ0v) is 14.2. The van der Waals surface area contributed by atoms with E-state index in [2.05, 4.69) is 17.2 Å². The first-order valence-corrected chi connectivity index (χ1v) is 8.01. The number of carbonyl (C=O) groups is 1. The van der Waals surface area contributed by atoms with Gasteiger partial charge >= 0.3 is 0 Å². The second-order valence-electron chi connectivity index (χ2n) is 5.64. The molecule has 0 aliphatic heterocycles. The van der Waals surface area contributed by atoms with Crippen LogP contribution in [0.25, 0.3) is 5.65 Å². The summed E-state index contributed by atoms with van der Waals surface area (Å²) >= 11 is 0. The van der Waals surface area contributed by atoms with Gasteiger partial charge in [0.2, 0.25) is 0 Å². The number of nitrogens with zero attached hydrogens (tertiary/aromatic N) is 2. The van der Waals surface area contributed by atoms with Crippen LogP contribution in [-0.4, -0.2) is 22.4 Å². The molecule has 0 bridgehead atoms. The second kappa shape index (κ2) is 6.74. The van der Waals surface area contributed by atoms with Crippen molar-refractivity contribution in [1.29, 1.82) is 0 Å². The van der Waals surface area contributed by atoms with Crippen LogP contribution in [0.1, 0.15) is 34.2 Å². The third-order valence-electron chi connectivity index (χ3n) is 4.18. The number of aryl methyl sites for hydroxylation is 2. The first-order chi connectivity index (χ1) is 11.6. The van der Waals surface area contributed by atoms with E-state index in [0.717, 1.165) is 34.8 Å². The van der Waals surface area contributed by atoms with E-state index < -0.39 is 0 Å². The van der Waals surface area contributed by atoms with Gasteiger partial charge in [-0.05, 0) is 31.5 Å². The van der Waals surface area contributed by atoms with Crippen molar-refractivity contribution in [3.8, 4) is 5.75 Å². The molecular weight excluding hydrogens is 302 g/mol. The van der Waals surface area contributed by atoms with E-state index in [1.54, 1.807) is 13.2 Å². The van der Waals surface area contributed by atoms with Gasteiger partial charge in [-0.25, -0.2) is 4.98 Å². The molecular formula is C19H21N3O2. The fourth-order valence-electron chi connectivity index (χ4n) is 2.81. The Morgan fingerprint density at radius 3 is 2.79 bits per heavy atom. The van der Waals surface area contributed by atoms with Crippen molar-refractivity contribution in [3.63, 3.8) is 0 Å². The molecule has 5 nitrogen and oxygen atoms in total. The summed E-state index contributed by atoms with van der Waals surface area (Å²) in [6.07, 6.45) is 2.72. The van der Waals surface area contributed by atoms with Gasteiger partial charge in [-0.2, -0.15) is 0 Å². The maximum atomic E-state index is 12.5. The molecule has 0 unspecified atom stereocenters. The third kappa shape index (κ3) is 2.97. The monoisotopic (exact) mass is 323 g/mol. The minimum atomic E-state index is -0.117. The smallest absolute Gasteiger partial charge is 0.253 e. The summed E-state index contributed by atoms with van der Waals surface area (Å²) in [7, 11) is 1.63. The number of pyridine rings is 1. The Bertz CT molecular complexity index is 883. The fraction of sp³-hybridized carbons (Fsp3) is 0.263. The van der Waals surface area contributed by atoms with Crippen LogP contribution in [0.4, 0.5) is 0 Å². The molecule has 0 aliphatic carbocycles. The number of ether oxygens (including phenoxy) is 1. The summed E-state index contributed by atoms with van der Waals surface area (Å²) in [6, 6.07) is 11.3. The standard InChI is InChI=1S/C19H21N3O2/c1-4-16-13(2)22-12-15(9-10-18(22)21-16)19(23)20-11-14-7-5-6-8-17(14)24-3/h5-10,12H,4,11H2,1-3H3,(H,20,23). The number of para-hydroxylation sites is 1. The van der Waals surface area contributed by atoms with Gasteiger partial charge in [0.15, 0.2) is 0 Å². The van der Waals surface area contributed by atoms with E-state index in [0.29, 0.717) is 12.1 Å². The molecule has 5 heteroatoms. The average molecular weight is 323 g/mol. The molecule has 0 radical (unpaired) electrons. The largest absolute Gasteiger partial charge is 0.496 e. The highest BCUT2D eigenvalue weighted by Gasteiger charge is 2.11. The lowest BCUT2D eigenvalue weighted by Gasteiger charge is -2.10. The predicted molar refractivity (Wildman–Crippen MR) is 93.5 cm³/mol. The van der Waals surface area contributed by atoms with Crippen molar-refractivity contribution in [3.05, 3.63) is 65.1 Å². The number of fused-ring (bicyclic) bond motifs is 1. The number of aromatic nitrogens is 2. The Balaban J connectivity index is 1.80. The molecule has 2 aromatic heterocycles. The van der Waals surface area contributed by atoms with Crippen molar-refractivity contribution in [1.82, 2.24) is 14.7 Å². The lowest BCUT2D eigenvalue weighted by Crippen LogP contribution is -2.23. The number of imidazole rings is 1. The van der Waals surface area contributed by atoms with Gasteiger partial charge in [0.25, 0.3) is 5.91 Å². The van der Waals surface area contributed by atoms with Crippen LogP contribution in [0.3, 0.4) is 0 Å². The van der Waals surface area contributed by atoms with E-state index in [1.165, 1.54) is 0 Å². The van der Waals surface area contributed by atoms with Crippen LogP contribution >= 0.6 is 0 Å². The number of amides is 1. The Hall–Kier alpha value is -2.82. The first-order valence-electron chi connectivity index (χ1n) is 8.01. The number of carbonyl (C=O) groups excluding carboxylic acids is 1. The quantitative estimate of drug-likeness (QED) is 0.785. The highest BCUT2D eigenvalue weighted by molar-refractivity contribution is 5.94. The van der Waals surface area contributed by atoms with E-state index in [4.69, 9.17) is 4.74 Å². The maximum absolute atomic E-state index is 12.5. The number of rotatable bonds is 5. The molecule has 1 amide bonds. The molecule has 0 spiro atoms. The van der Waals surface area contributed by atoms with Crippen molar-refractivity contribution in [2.75, 3.05) is 7.11 Å². The number of nitrogens with one attached hydrogen (secondary N) is 1. The normalized spacial score (nSPS) is 10.8. The minimum Gasteiger partial charge on any atom is -0.496 e. The number of benzene rings is 1. The minimum absolute atomic E-state index is 0.117. The van der Waals surface area contributed by atoms with Gasteiger partial charge in [-0.15, -0.1) is 0 Å². The highest BCUT2D eigenvalue weighted by atomic mass is 16.5. The predicted octanol–water partition coefficient (Wildman–Crippen LogP) is 3.14. The van der Waals surface area contributed by atoms with Crippen LogP contribution in [0.15, 0.2) is 42.6 Å². The van der Waals surface area contributed by atoms with Crippen LogP contribution in [0.5, 0.6) is 5.75 Å². The molecule has 3 rings (SSSR count). The summed E-state index contributed by atoms with van der Waals surface area (Å²) in [5.74, 6) is 0.653. The van der Waals surface area contributed by atoms with Crippen LogP contribution in [-0.2, 0) is 13.0 Å². The summed E-state index contributed by atoms with van der Waals surface area (Å²) in [5, 5.41) is 2.94. The second-order valence-corrected chi connectivity index (χ2v) is 5.64. The number of hydrogen-bond donors (Lipinski definition) is 1. The van der Waals surface area contributed by atoms with E-state index in [-0.39, 0.29) is 5.91 Å². The van der Waals surface area contributed by atoms with Crippen molar-refractivity contribution < 1.29 is 9.53 Å². The van der Waals surface area contributed by atoms with Crippen molar-refractivity contribution >= 4 is 11.6 Å². The van der Waals surface area contributed by atoms with Crippen LogP contribution in [0, 0.1) is 6.92 Å². The van der Waals surface area contributed by atoms with E-state index >= 15 is 0 Å². The summed E-state index contributed by atoms with van der Waals surface area (Å²) < 4.78 is 7.28. The summed E-state index contributed by atoms with van der Waals surface area (Å²) in [4.78, 5) is 17.0. The Morgan fingerprint density at radius 2 is 2.04 bits per heavy atom. The van der Waals surface area contributed by atoms with Crippen molar-refractivity contribution in [2.24, 2.45) is 0 Å². The lowest BCUT2D eigenvalue weighted by molar-refractivity contribution is 0.0950. The maximum Gasteiger partial charge on any atom is 0.253 e. The molecule has 1 aromatic carbocycles. The Labute approximate surface area is 141 Å². The van der Waals surface area contributed by atoms with Gasteiger partial charge < -0.3 is 14.5 Å². The van der Waals surface area contributed by atoms with E-state index in [1.807, 2.05) is 47.9 Å². The van der Waals surface area contributed by atoms with Crippen LogP contribution < -0.4 is 10.1 Å². The molecule has 124 valence electrons. The topological polar surface area (TPSA) is 55.6 Å². The molecule has 3 aromatic rings. The Morgan fingerprint density at radius 1 is 1.25 bits per heavy atom. The summed E-state index contributed by atoms with van der Waals surface area (Å²) in [5.41, 5.74) is 4.56. The molecule has 0 atom stereocenters. The van der Waals surface area contributed by atoms with Crippen LogP contribution in [0.2, 0.25) is 0 Å². The molecule has 0 saturated carbocycles.